The number of benzene rings is 2. The molecule has 2 aromatic carbocycles. The van der Waals surface area contributed by atoms with Gasteiger partial charge >= 0.3 is 0 Å². The molecule has 3 rings (SSSR count). The second-order valence-electron chi connectivity index (χ2n) is 7.23. The fraction of sp³-hybridized carbons (Fsp3) is 0.304. The quantitative estimate of drug-likeness (QED) is 0.482. The zero-order chi connectivity index (χ0) is 23.1. The first-order chi connectivity index (χ1) is 15.4. The van der Waals surface area contributed by atoms with Crippen molar-refractivity contribution < 1.29 is 14.3 Å². The molecule has 2 N–H and O–H groups in total. The lowest BCUT2D eigenvalue weighted by atomic mass is 10.1. The van der Waals surface area contributed by atoms with E-state index in [0.717, 1.165) is 28.4 Å². The van der Waals surface area contributed by atoms with E-state index in [4.69, 9.17) is 4.74 Å². The smallest absolute Gasteiger partial charge is 0.243 e. The SMILES string of the molecule is CCOc1ccc(NC(=O)CNC(=O)CSc2nnc(C)n2-c2cc(C)ccc2C)cc1. The molecule has 0 aliphatic rings. The zero-order valence-corrected chi connectivity index (χ0v) is 19.5. The Morgan fingerprint density at radius 1 is 1.03 bits per heavy atom. The number of thioether (sulfide) groups is 1. The van der Waals surface area contributed by atoms with Crippen LogP contribution in [0.4, 0.5) is 5.69 Å². The Balaban J connectivity index is 1.52. The first kappa shape index (κ1) is 23.3. The summed E-state index contributed by atoms with van der Waals surface area (Å²) in [5, 5.41) is 14.4. The highest BCUT2D eigenvalue weighted by molar-refractivity contribution is 7.99. The van der Waals surface area contributed by atoms with Gasteiger partial charge in [0.1, 0.15) is 11.6 Å². The zero-order valence-electron chi connectivity index (χ0n) is 18.6. The summed E-state index contributed by atoms with van der Waals surface area (Å²) >= 11 is 1.28. The number of carbonyl (C=O) groups excluding carboxylic acids is 2. The van der Waals surface area contributed by atoms with Crippen LogP contribution in [-0.2, 0) is 9.59 Å². The third kappa shape index (κ3) is 6.10. The maximum atomic E-state index is 12.3. The number of nitrogens with one attached hydrogen (secondary N) is 2. The van der Waals surface area contributed by atoms with Gasteiger partial charge in [0.25, 0.3) is 0 Å². The van der Waals surface area contributed by atoms with Gasteiger partial charge in [-0.25, -0.2) is 0 Å². The summed E-state index contributed by atoms with van der Waals surface area (Å²) < 4.78 is 7.32. The maximum Gasteiger partial charge on any atom is 0.243 e. The highest BCUT2D eigenvalue weighted by Gasteiger charge is 2.15. The minimum Gasteiger partial charge on any atom is -0.494 e. The lowest BCUT2D eigenvalue weighted by Crippen LogP contribution is -2.33. The monoisotopic (exact) mass is 453 g/mol. The Kier molecular flexibility index (Phi) is 7.88. The molecule has 1 aromatic heterocycles. The normalized spacial score (nSPS) is 10.6. The lowest BCUT2D eigenvalue weighted by Gasteiger charge is -2.12. The van der Waals surface area contributed by atoms with Crippen molar-refractivity contribution in [2.45, 2.75) is 32.9 Å². The minimum atomic E-state index is -0.304. The average Bonchev–Trinajstić information content (AvgIpc) is 3.14. The summed E-state index contributed by atoms with van der Waals surface area (Å²) in [4.78, 5) is 24.4. The number of hydrogen-bond donors (Lipinski definition) is 2. The number of aromatic nitrogens is 3. The second-order valence-corrected chi connectivity index (χ2v) is 8.17. The van der Waals surface area contributed by atoms with Gasteiger partial charge in [-0.05, 0) is 69.2 Å². The van der Waals surface area contributed by atoms with Crippen LogP contribution < -0.4 is 15.4 Å². The van der Waals surface area contributed by atoms with Crippen LogP contribution in [0.3, 0.4) is 0 Å². The Bertz CT molecular complexity index is 1100. The van der Waals surface area contributed by atoms with Crippen LogP contribution in [0.15, 0.2) is 47.6 Å². The predicted molar refractivity (Wildman–Crippen MR) is 126 cm³/mol. The van der Waals surface area contributed by atoms with Crippen molar-refractivity contribution in [2.75, 3.05) is 24.2 Å². The van der Waals surface area contributed by atoms with Crippen molar-refractivity contribution in [3.05, 3.63) is 59.4 Å². The van der Waals surface area contributed by atoms with Gasteiger partial charge < -0.3 is 15.4 Å². The van der Waals surface area contributed by atoms with Crippen molar-refractivity contribution in [3.8, 4) is 11.4 Å². The molecular formula is C23H27N5O3S. The molecule has 0 unspecified atom stereocenters. The van der Waals surface area contributed by atoms with Gasteiger partial charge in [-0.1, -0.05) is 23.9 Å². The molecule has 0 saturated carbocycles. The van der Waals surface area contributed by atoms with Crippen LogP contribution in [0.5, 0.6) is 5.75 Å². The van der Waals surface area contributed by atoms with Crippen molar-refractivity contribution in [1.29, 1.82) is 0 Å². The molecule has 0 aliphatic heterocycles. The molecule has 32 heavy (non-hydrogen) atoms. The first-order valence-electron chi connectivity index (χ1n) is 10.3. The van der Waals surface area contributed by atoms with E-state index in [1.165, 1.54) is 11.8 Å². The fourth-order valence-electron chi connectivity index (χ4n) is 3.04. The van der Waals surface area contributed by atoms with E-state index < -0.39 is 0 Å². The summed E-state index contributed by atoms with van der Waals surface area (Å²) in [6, 6.07) is 13.2. The van der Waals surface area contributed by atoms with Crippen LogP contribution in [0.1, 0.15) is 23.9 Å². The van der Waals surface area contributed by atoms with Gasteiger partial charge in [-0.2, -0.15) is 0 Å². The minimum absolute atomic E-state index is 0.116. The van der Waals surface area contributed by atoms with E-state index >= 15 is 0 Å². The molecule has 0 atom stereocenters. The first-order valence-corrected chi connectivity index (χ1v) is 11.3. The third-order valence-corrected chi connectivity index (χ3v) is 5.56. The average molecular weight is 454 g/mol. The number of aryl methyl sites for hydroxylation is 3. The van der Waals surface area contributed by atoms with Crippen LogP contribution in [-0.4, -0.2) is 45.5 Å². The maximum absolute atomic E-state index is 12.3. The standard InChI is InChI=1S/C23H27N5O3S/c1-5-31-19-10-8-18(9-11-19)25-21(29)13-24-22(30)14-32-23-27-26-17(4)28(23)20-12-15(2)6-7-16(20)3/h6-12H,5,13-14H2,1-4H3,(H,24,30)(H,25,29). The molecule has 8 nitrogen and oxygen atoms in total. The molecule has 0 radical (unpaired) electrons. The molecule has 0 aliphatic carbocycles. The summed E-state index contributed by atoms with van der Waals surface area (Å²) in [5.74, 6) is 1.04. The predicted octanol–water partition coefficient (Wildman–Crippen LogP) is 3.44. The van der Waals surface area contributed by atoms with Gasteiger partial charge in [0.05, 0.1) is 24.6 Å². The summed E-state index contributed by atoms with van der Waals surface area (Å²) in [6.45, 7) is 8.31. The molecule has 0 fully saturated rings. The lowest BCUT2D eigenvalue weighted by molar-refractivity contribution is -0.122. The van der Waals surface area contributed by atoms with Crippen molar-refractivity contribution in [3.63, 3.8) is 0 Å². The van der Waals surface area contributed by atoms with E-state index in [9.17, 15) is 9.59 Å². The third-order valence-electron chi connectivity index (χ3n) is 4.63. The molecule has 3 aromatic rings. The van der Waals surface area contributed by atoms with E-state index in [2.05, 4.69) is 33.0 Å². The van der Waals surface area contributed by atoms with Crippen molar-refractivity contribution in [1.82, 2.24) is 20.1 Å². The number of ether oxygens (including phenoxy) is 1. The Morgan fingerprint density at radius 2 is 1.78 bits per heavy atom. The summed E-state index contributed by atoms with van der Waals surface area (Å²) in [5.41, 5.74) is 3.85. The molecule has 168 valence electrons. The molecule has 1 heterocycles. The Labute approximate surface area is 191 Å². The molecular weight excluding hydrogens is 426 g/mol. The molecule has 0 bridgehead atoms. The summed E-state index contributed by atoms with van der Waals surface area (Å²) in [7, 11) is 0. The van der Waals surface area contributed by atoms with Gasteiger partial charge in [-0.15, -0.1) is 10.2 Å². The van der Waals surface area contributed by atoms with Gasteiger partial charge in [-0.3, -0.25) is 14.2 Å². The van der Waals surface area contributed by atoms with E-state index in [-0.39, 0.29) is 24.1 Å². The van der Waals surface area contributed by atoms with Gasteiger partial charge in [0, 0.05) is 5.69 Å². The largest absolute Gasteiger partial charge is 0.494 e. The number of hydrogen-bond acceptors (Lipinski definition) is 6. The van der Waals surface area contributed by atoms with Crippen molar-refractivity contribution in [2.24, 2.45) is 0 Å². The van der Waals surface area contributed by atoms with E-state index in [0.29, 0.717) is 17.5 Å². The van der Waals surface area contributed by atoms with Crippen molar-refractivity contribution >= 4 is 29.3 Å². The molecule has 0 saturated heterocycles. The summed E-state index contributed by atoms with van der Waals surface area (Å²) in [6.07, 6.45) is 0. The molecule has 9 heteroatoms. The Hall–Kier alpha value is -3.33. The van der Waals surface area contributed by atoms with Crippen LogP contribution in [0.25, 0.3) is 5.69 Å². The number of carbonyl (C=O) groups is 2. The topological polar surface area (TPSA) is 98.1 Å². The van der Waals surface area contributed by atoms with Crippen LogP contribution in [0, 0.1) is 20.8 Å². The second kappa shape index (κ2) is 10.8. The number of amides is 2. The highest BCUT2D eigenvalue weighted by atomic mass is 32.2. The van der Waals surface area contributed by atoms with Crippen LogP contribution >= 0.6 is 11.8 Å². The van der Waals surface area contributed by atoms with E-state index in [1.54, 1.807) is 24.3 Å². The number of anilines is 1. The number of rotatable bonds is 9. The fourth-order valence-corrected chi connectivity index (χ4v) is 3.86. The highest BCUT2D eigenvalue weighted by Crippen LogP contribution is 2.24. The number of nitrogens with zero attached hydrogens (tertiary/aromatic N) is 3. The van der Waals surface area contributed by atoms with E-state index in [1.807, 2.05) is 38.3 Å². The molecule has 0 spiro atoms. The Morgan fingerprint density at radius 3 is 2.50 bits per heavy atom. The van der Waals surface area contributed by atoms with Gasteiger partial charge in [0.2, 0.25) is 11.8 Å². The van der Waals surface area contributed by atoms with Crippen LogP contribution in [0.2, 0.25) is 0 Å². The van der Waals surface area contributed by atoms with Gasteiger partial charge in [0.15, 0.2) is 5.16 Å². The molecule has 2 amide bonds.